The summed E-state index contributed by atoms with van der Waals surface area (Å²) in [5.74, 6) is -1.10. The Bertz CT molecular complexity index is 954. The molecule has 3 aromatic rings. The fourth-order valence-corrected chi connectivity index (χ4v) is 2.87. The van der Waals surface area contributed by atoms with Crippen LogP contribution in [0.4, 0.5) is 4.39 Å². The Morgan fingerprint density at radius 2 is 1.41 bits per heavy atom. The van der Waals surface area contributed by atoms with Crippen LogP contribution >= 0.6 is 0 Å². The highest BCUT2D eigenvalue weighted by atomic mass is 19.1. The number of hydrogen-bond donors (Lipinski definition) is 0. The first-order valence-corrected chi connectivity index (χ1v) is 9.29. The van der Waals surface area contributed by atoms with Crippen molar-refractivity contribution in [3.05, 3.63) is 95.8 Å². The average Bonchev–Trinajstić information content (AvgIpc) is 2.75. The molecule has 0 heterocycles. The number of halogens is 1. The van der Waals surface area contributed by atoms with Crippen molar-refractivity contribution in [2.75, 3.05) is 13.7 Å². The second kappa shape index (κ2) is 9.64. The van der Waals surface area contributed by atoms with Crippen LogP contribution in [0.2, 0.25) is 0 Å². The highest BCUT2D eigenvalue weighted by Gasteiger charge is 2.13. The van der Waals surface area contributed by atoms with Crippen LogP contribution < -0.4 is 0 Å². The normalized spacial score (nSPS) is 10.4. The number of likely N-dealkylation sites (N-methyl/N-ethyl adjacent to an activating group) is 1. The molecular formula is C24H22FNO3. The number of esters is 1. The summed E-state index contributed by atoms with van der Waals surface area (Å²) in [5, 5.41) is 0. The summed E-state index contributed by atoms with van der Waals surface area (Å²) >= 11 is 0. The molecule has 0 saturated heterocycles. The Hall–Kier alpha value is -3.47. The summed E-state index contributed by atoms with van der Waals surface area (Å²) in [6, 6.07) is 23.6. The van der Waals surface area contributed by atoms with Gasteiger partial charge in [-0.2, -0.15) is 0 Å². The van der Waals surface area contributed by atoms with Gasteiger partial charge in [-0.05, 0) is 34.4 Å². The molecule has 0 aromatic heterocycles. The molecule has 3 rings (SSSR count). The van der Waals surface area contributed by atoms with Crippen molar-refractivity contribution < 1.29 is 18.7 Å². The predicted molar refractivity (Wildman–Crippen MR) is 109 cm³/mol. The molecule has 29 heavy (non-hydrogen) atoms. The van der Waals surface area contributed by atoms with Gasteiger partial charge >= 0.3 is 5.97 Å². The van der Waals surface area contributed by atoms with Gasteiger partial charge in [0.05, 0.1) is 6.42 Å². The van der Waals surface area contributed by atoms with Crippen LogP contribution in [0.5, 0.6) is 0 Å². The fourth-order valence-electron chi connectivity index (χ4n) is 2.87. The van der Waals surface area contributed by atoms with Crippen molar-refractivity contribution in [1.82, 2.24) is 4.90 Å². The summed E-state index contributed by atoms with van der Waals surface area (Å²) in [4.78, 5) is 25.6. The second-order valence-corrected chi connectivity index (χ2v) is 6.78. The van der Waals surface area contributed by atoms with Gasteiger partial charge in [0.2, 0.25) is 0 Å². The molecule has 148 valence electrons. The highest BCUT2D eigenvalue weighted by Crippen LogP contribution is 2.19. The van der Waals surface area contributed by atoms with Crippen LogP contribution in [-0.4, -0.2) is 30.4 Å². The van der Waals surface area contributed by atoms with Crippen LogP contribution in [0.15, 0.2) is 78.9 Å². The standard InChI is InChI=1S/C24H22FNO3/c1-26(16-19-9-13-22(25)14-10-19)23(27)17-29-24(28)15-18-7-11-21(12-8-18)20-5-3-2-4-6-20/h2-14H,15-17H2,1H3. The summed E-state index contributed by atoms with van der Waals surface area (Å²) in [7, 11) is 1.61. The molecule has 0 saturated carbocycles. The maximum absolute atomic E-state index is 12.9. The first kappa shape index (κ1) is 20.3. The first-order valence-electron chi connectivity index (χ1n) is 9.29. The molecule has 0 N–H and O–H groups in total. The van der Waals surface area contributed by atoms with E-state index in [1.54, 1.807) is 19.2 Å². The van der Waals surface area contributed by atoms with Gasteiger partial charge in [-0.25, -0.2) is 4.39 Å². The van der Waals surface area contributed by atoms with Crippen molar-refractivity contribution in [2.45, 2.75) is 13.0 Å². The molecule has 4 nitrogen and oxygen atoms in total. The SMILES string of the molecule is CN(Cc1ccc(F)cc1)C(=O)COC(=O)Cc1ccc(-c2ccccc2)cc1. The zero-order valence-electron chi connectivity index (χ0n) is 16.2. The molecule has 0 aliphatic rings. The molecule has 0 bridgehead atoms. The van der Waals surface area contributed by atoms with Gasteiger partial charge in [0.15, 0.2) is 6.61 Å². The first-order chi connectivity index (χ1) is 14.0. The lowest BCUT2D eigenvalue weighted by atomic mass is 10.0. The molecule has 0 fully saturated rings. The number of carbonyl (C=O) groups is 2. The van der Waals surface area contributed by atoms with Crippen LogP contribution in [0.1, 0.15) is 11.1 Å². The van der Waals surface area contributed by atoms with E-state index in [2.05, 4.69) is 0 Å². The number of benzene rings is 3. The average molecular weight is 391 g/mol. The van der Waals surface area contributed by atoms with E-state index in [9.17, 15) is 14.0 Å². The van der Waals surface area contributed by atoms with E-state index in [4.69, 9.17) is 4.74 Å². The number of carbonyl (C=O) groups excluding carboxylic acids is 2. The Morgan fingerprint density at radius 3 is 2.07 bits per heavy atom. The minimum absolute atomic E-state index is 0.101. The zero-order valence-corrected chi connectivity index (χ0v) is 16.2. The zero-order chi connectivity index (χ0) is 20.6. The highest BCUT2D eigenvalue weighted by molar-refractivity contribution is 5.81. The smallest absolute Gasteiger partial charge is 0.310 e. The van der Waals surface area contributed by atoms with E-state index in [1.165, 1.54) is 17.0 Å². The van der Waals surface area contributed by atoms with Crippen molar-refractivity contribution in [3.63, 3.8) is 0 Å². The molecule has 0 unspecified atom stereocenters. The molecule has 0 atom stereocenters. The number of rotatable bonds is 7. The minimum Gasteiger partial charge on any atom is -0.455 e. The monoisotopic (exact) mass is 391 g/mol. The lowest BCUT2D eigenvalue weighted by Gasteiger charge is -2.17. The largest absolute Gasteiger partial charge is 0.455 e. The summed E-state index contributed by atoms with van der Waals surface area (Å²) < 4.78 is 18.1. The number of amides is 1. The van der Waals surface area contributed by atoms with E-state index in [1.807, 2.05) is 54.6 Å². The molecule has 3 aromatic carbocycles. The molecule has 0 radical (unpaired) electrons. The van der Waals surface area contributed by atoms with E-state index < -0.39 is 5.97 Å². The minimum atomic E-state index is -0.457. The molecule has 0 aliphatic heterocycles. The van der Waals surface area contributed by atoms with Crippen LogP contribution in [0.3, 0.4) is 0 Å². The fraction of sp³-hybridized carbons (Fsp3) is 0.167. The van der Waals surface area contributed by atoms with Crippen molar-refractivity contribution in [1.29, 1.82) is 0 Å². The summed E-state index contributed by atoms with van der Waals surface area (Å²) in [6.07, 6.45) is 0.101. The number of hydrogen-bond acceptors (Lipinski definition) is 3. The van der Waals surface area contributed by atoms with Gasteiger partial charge in [-0.1, -0.05) is 66.7 Å². The maximum Gasteiger partial charge on any atom is 0.310 e. The lowest BCUT2D eigenvalue weighted by molar-refractivity contribution is -0.151. The van der Waals surface area contributed by atoms with Gasteiger partial charge in [0.25, 0.3) is 5.91 Å². The topological polar surface area (TPSA) is 46.6 Å². The van der Waals surface area contributed by atoms with Gasteiger partial charge in [-0.3, -0.25) is 9.59 Å². The van der Waals surface area contributed by atoms with E-state index >= 15 is 0 Å². The molecular weight excluding hydrogens is 369 g/mol. The van der Waals surface area contributed by atoms with E-state index in [0.717, 1.165) is 22.3 Å². The van der Waals surface area contributed by atoms with Gasteiger partial charge in [-0.15, -0.1) is 0 Å². The van der Waals surface area contributed by atoms with E-state index in [-0.39, 0.29) is 24.8 Å². The Balaban J connectivity index is 1.46. The maximum atomic E-state index is 12.9. The number of ether oxygens (including phenoxy) is 1. The lowest BCUT2D eigenvalue weighted by Crippen LogP contribution is -2.31. The quantitative estimate of drug-likeness (QED) is 0.566. The number of nitrogens with zero attached hydrogens (tertiary/aromatic N) is 1. The second-order valence-electron chi connectivity index (χ2n) is 6.78. The van der Waals surface area contributed by atoms with Gasteiger partial charge in [0, 0.05) is 13.6 Å². The third-order valence-electron chi connectivity index (χ3n) is 4.52. The predicted octanol–water partition coefficient (Wildman–Crippen LogP) is 4.24. The van der Waals surface area contributed by atoms with Gasteiger partial charge in [0.1, 0.15) is 5.82 Å². The van der Waals surface area contributed by atoms with Crippen molar-refractivity contribution >= 4 is 11.9 Å². The van der Waals surface area contributed by atoms with Crippen LogP contribution in [0.25, 0.3) is 11.1 Å². The van der Waals surface area contributed by atoms with E-state index in [0.29, 0.717) is 6.54 Å². The summed E-state index contributed by atoms with van der Waals surface area (Å²) in [5.41, 5.74) is 3.80. The van der Waals surface area contributed by atoms with Gasteiger partial charge < -0.3 is 9.64 Å². The summed E-state index contributed by atoms with van der Waals surface area (Å²) in [6.45, 7) is -0.00373. The molecule has 1 amide bonds. The Kier molecular flexibility index (Phi) is 6.74. The molecule has 0 aliphatic carbocycles. The third-order valence-corrected chi connectivity index (χ3v) is 4.52. The molecule has 5 heteroatoms. The van der Waals surface area contributed by atoms with Crippen LogP contribution in [0, 0.1) is 5.82 Å². The third kappa shape index (κ3) is 6.01. The van der Waals surface area contributed by atoms with Crippen LogP contribution in [-0.2, 0) is 27.3 Å². The van der Waals surface area contributed by atoms with Crippen molar-refractivity contribution in [3.8, 4) is 11.1 Å². The van der Waals surface area contributed by atoms with Crippen molar-refractivity contribution in [2.24, 2.45) is 0 Å². The Labute approximate surface area is 169 Å². The Morgan fingerprint density at radius 1 is 0.828 bits per heavy atom. The molecule has 0 spiro atoms.